The van der Waals surface area contributed by atoms with Crippen molar-refractivity contribution in [2.24, 2.45) is 0 Å². The van der Waals surface area contributed by atoms with Crippen molar-refractivity contribution in [3.8, 4) is 5.75 Å². The standard InChI is InChI=1S/C18H23NO5S2/c1-5-14(2)15-9-11-16(12-10-15)24-26(22,23)18-8-6-7-17(13-18)25(20,21)19(3)4/h6-14H,5H2,1-4H3/t14-/m0/s1. The zero-order chi connectivity index (χ0) is 19.5. The molecule has 0 aliphatic carbocycles. The maximum absolute atomic E-state index is 12.5. The van der Waals surface area contributed by atoms with Gasteiger partial charge in [0, 0.05) is 14.1 Å². The molecule has 1 atom stereocenters. The molecule has 2 aromatic rings. The fourth-order valence-corrected chi connectivity index (χ4v) is 4.26. The molecule has 0 saturated heterocycles. The van der Waals surface area contributed by atoms with Crippen LogP contribution in [-0.4, -0.2) is 35.2 Å². The highest BCUT2D eigenvalue weighted by molar-refractivity contribution is 7.89. The fourth-order valence-electron chi connectivity index (χ4n) is 2.26. The van der Waals surface area contributed by atoms with E-state index in [2.05, 4.69) is 13.8 Å². The first kappa shape index (κ1) is 20.4. The molecule has 6 nitrogen and oxygen atoms in total. The highest BCUT2D eigenvalue weighted by Gasteiger charge is 2.22. The Hall–Kier alpha value is -1.90. The first-order chi connectivity index (χ1) is 12.1. The van der Waals surface area contributed by atoms with Crippen molar-refractivity contribution < 1.29 is 21.0 Å². The van der Waals surface area contributed by atoms with Gasteiger partial charge >= 0.3 is 10.1 Å². The normalized spacial score (nSPS) is 13.6. The summed E-state index contributed by atoms with van der Waals surface area (Å²) in [6.45, 7) is 4.16. The molecule has 0 aliphatic rings. The van der Waals surface area contributed by atoms with E-state index in [0.717, 1.165) is 22.4 Å². The SMILES string of the molecule is CC[C@H](C)c1ccc(OS(=O)(=O)c2cccc(S(=O)(=O)N(C)C)c2)cc1. The molecular formula is C18H23NO5S2. The van der Waals surface area contributed by atoms with Crippen LogP contribution in [-0.2, 0) is 20.1 Å². The topological polar surface area (TPSA) is 80.8 Å². The Labute approximate surface area is 155 Å². The lowest BCUT2D eigenvalue weighted by Gasteiger charge is -2.13. The van der Waals surface area contributed by atoms with Gasteiger partial charge in [0.2, 0.25) is 10.0 Å². The molecule has 142 valence electrons. The van der Waals surface area contributed by atoms with Crippen molar-refractivity contribution >= 4 is 20.1 Å². The van der Waals surface area contributed by atoms with Crippen molar-refractivity contribution in [2.75, 3.05) is 14.1 Å². The number of benzene rings is 2. The Bertz CT molecular complexity index is 965. The van der Waals surface area contributed by atoms with Crippen molar-refractivity contribution in [2.45, 2.75) is 36.0 Å². The minimum Gasteiger partial charge on any atom is -0.379 e. The van der Waals surface area contributed by atoms with Gasteiger partial charge in [-0.05, 0) is 48.2 Å². The highest BCUT2D eigenvalue weighted by Crippen LogP contribution is 2.25. The van der Waals surface area contributed by atoms with Gasteiger partial charge in [0.25, 0.3) is 0 Å². The van der Waals surface area contributed by atoms with Gasteiger partial charge in [0.15, 0.2) is 0 Å². The van der Waals surface area contributed by atoms with Crippen LogP contribution >= 0.6 is 0 Å². The molecule has 0 radical (unpaired) electrons. The molecule has 0 spiro atoms. The van der Waals surface area contributed by atoms with E-state index >= 15 is 0 Å². The van der Waals surface area contributed by atoms with Gasteiger partial charge in [0.1, 0.15) is 10.6 Å². The molecule has 0 bridgehead atoms. The summed E-state index contributed by atoms with van der Waals surface area (Å²) in [4.78, 5) is -0.328. The Morgan fingerprint density at radius 3 is 2.08 bits per heavy atom. The van der Waals surface area contributed by atoms with E-state index < -0.39 is 20.1 Å². The van der Waals surface area contributed by atoms with Crippen LogP contribution in [0.25, 0.3) is 0 Å². The van der Waals surface area contributed by atoms with Crippen LogP contribution in [0.3, 0.4) is 0 Å². The Kier molecular flexibility index (Phi) is 6.10. The smallest absolute Gasteiger partial charge is 0.339 e. The van der Waals surface area contributed by atoms with Gasteiger partial charge in [-0.3, -0.25) is 0 Å². The van der Waals surface area contributed by atoms with E-state index in [1.165, 1.54) is 32.3 Å². The lowest BCUT2D eigenvalue weighted by atomic mass is 9.99. The second kappa shape index (κ2) is 7.77. The van der Waals surface area contributed by atoms with Crippen LogP contribution in [0, 0.1) is 0 Å². The maximum atomic E-state index is 12.5. The molecule has 0 unspecified atom stereocenters. The number of rotatable bonds is 7. The van der Waals surface area contributed by atoms with Crippen molar-refractivity contribution in [1.29, 1.82) is 0 Å². The average molecular weight is 398 g/mol. The van der Waals surface area contributed by atoms with E-state index in [0.29, 0.717) is 5.92 Å². The summed E-state index contributed by atoms with van der Waals surface area (Å²) in [6, 6.07) is 12.0. The molecule has 2 rings (SSSR count). The van der Waals surface area contributed by atoms with Crippen LogP contribution in [0.1, 0.15) is 31.7 Å². The Balaban J connectivity index is 2.31. The summed E-state index contributed by atoms with van der Waals surface area (Å²) in [5, 5.41) is 0. The van der Waals surface area contributed by atoms with Gasteiger partial charge in [-0.2, -0.15) is 8.42 Å². The van der Waals surface area contributed by atoms with Gasteiger partial charge in [0.05, 0.1) is 4.90 Å². The lowest BCUT2D eigenvalue weighted by molar-refractivity contribution is 0.485. The molecule has 26 heavy (non-hydrogen) atoms. The van der Waals surface area contributed by atoms with Gasteiger partial charge < -0.3 is 4.18 Å². The second-order valence-electron chi connectivity index (χ2n) is 6.18. The number of sulfonamides is 1. The first-order valence-corrected chi connectivity index (χ1v) is 11.0. The lowest BCUT2D eigenvalue weighted by Crippen LogP contribution is -2.22. The predicted octanol–water partition coefficient (Wildman–Crippen LogP) is 3.22. The molecule has 0 amide bonds. The van der Waals surface area contributed by atoms with Gasteiger partial charge in [-0.25, -0.2) is 12.7 Å². The monoisotopic (exact) mass is 397 g/mol. The van der Waals surface area contributed by atoms with Crippen LogP contribution in [0.4, 0.5) is 0 Å². The molecule has 0 aliphatic heterocycles. The van der Waals surface area contributed by atoms with Crippen LogP contribution < -0.4 is 4.18 Å². The third kappa shape index (κ3) is 4.44. The van der Waals surface area contributed by atoms with Crippen molar-refractivity contribution in [3.63, 3.8) is 0 Å². The highest BCUT2D eigenvalue weighted by atomic mass is 32.2. The Morgan fingerprint density at radius 1 is 0.962 bits per heavy atom. The van der Waals surface area contributed by atoms with Crippen LogP contribution in [0.15, 0.2) is 58.3 Å². The summed E-state index contributed by atoms with van der Waals surface area (Å²) in [6.07, 6.45) is 0.978. The third-order valence-electron chi connectivity index (χ3n) is 4.14. The van der Waals surface area contributed by atoms with E-state index in [4.69, 9.17) is 4.18 Å². The van der Waals surface area contributed by atoms with E-state index in [1.54, 1.807) is 12.1 Å². The zero-order valence-electron chi connectivity index (χ0n) is 15.2. The minimum atomic E-state index is -4.14. The molecule has 0 N–H and O–H groups in total. The predicted molar refractivity (Wildman–Crippen MR) is 100 cm³/mol. The van der Waals surface area contributed by atoms with E-state index in [1.807, 2.05) is 12.1 Å². The second-order valence-corrected chi connectivity index (χ2v) is 9.88. The molecule has 0 fully saturated rings. The van der Waals surface area contributed by atoms with Gasteiger partial charge in [-0.15, -0.1) is 0 Å². The largest absolute Gasteiger partial charge is 0.379 e. The minimum absolute atomic E-state index is 0.112. The van der Waals surface area contributed by atoms with E-state index in [9.17, 15) is 16.8 Å². The summed E-state index contributed by atoms with van der Waals surface area (Å²) in [5.41, 5.74) is 1.09. The third-order valence-corrected chi connectivity index (χ3v) is 7.19. The molecule has 2 aromatic carbocycles. The van der Waals surface area contributed by atoms with Crippen LogP contribution in [0.2, 0.25) is 0 Å². The van der Waals surface area contributed by atoms with Crippen LogP contribution in [0.5, 0.6) is 5.75 Å². The molecular weight excluding hydrogens is 374 g/mol. The average Bonchev–Trinajstić information content (AvgIpc) is 2.61. The van der Waals surface area contributed by atoms with Gasteiger partial charge in [-0.1, -0.05) is 32.0 Å². The molecule has 0 heterocycles. The van der Waals surface area contributed by atoms with Crippen molar-refractivity contribution in [1.82, 2.24) is 4.31 Å². The number of hydrogen-bond donors (Lipinski definition) is 0. The molecule has 0 saturated carbocycles. The zero-order valence-corrected chi connectivity index (χ0v) is 16.8. The number of nitrogens with zero attached hydrogens (tertiary/aromatic N) is 1. The summed E-state index contributed by atoms with van der Waals surface area (Å²) in [7, 11) is -5.12. The summed E-state index contributed by atoms with van der Waals surface area (Å²) >= 11 is 0. The first-order valence-electron chi connectivity index (χ1n) is 8.15. The molecule has 0 aromatic heterocycles. The Morgan fingerprint density at radius 2 is 1.54 bits per heavy atom. The number of hydrogen-bond acceptors (Lipinski definition) is 5. The van der Waals surface area contributed by atoms with Crippen molar-refractivity contribution in [3.05, 3.63) is 54.1 Å². The fraction of sp³-hybridized carbons (Fsp3) is 0.333. The molecule has 8 heteroatoms. The summed E-state index contributed by atoms with van der Waals surface area (Å²) < 4.78 is 55.5. The quantitative estimate of drug-likeness (QED) is 0.670. The van der Waals surface area contributed by atoms with E-state index in [-0.39, 0.29) is 15.5 Å². The maximum Gasteiger partial charge on any atom is 0.339 e. The summed E-state index contributed by atoms with van der Waals surface area (Å²) in [5.74, 6) is 0.548.